The van der Waals surface area contributed by atoms with Crippen LogP contribution in [0.15, 0.2) is 37.1 Å². The first-order chi connectivity index (χ1) is 14.8. The lowest BCUT2D eigenvalue weighted by Crippen LogP contribution is -2.52. The molecule has 0 bridgehead atoms. The Morgan fingerprint density at radius 1 is 1.13 bits per heavy atom. The molecular formula is C21H23N9. The van der Waals surface area contributed by atoms with Gasteiger partial charge in [-0.15, -0.1) is 10.2 Å². The molecule has 1 saturated carbocycles. The smallest absolute Gasteiger partial charge is 0.245 e. The van der Waals surface area contributed by atoms with E-state index in [-0.39, 0.29) is 0 Å². The van der Waals surface area contributed by atoms with Gasteiger partial charge in [-0.2, -0.15) is 0 Å². The van der Waals surface area contributed by atoms with Gasteiger partial charge in [-0.25, -0.2) is 15.0 Å². The van der Waals surface area contributed by atoms with E-state index in [1.807, 2.05) is 35.9 Å². The number of imidazole rings is 2. The lowest BCUT2D eigenvalue weighted by atomic mass is 10.1. The van der Waals surface area contributed by atoms with E-state index in [1.165, 1.54) is 12.8 Å². The fraction of sp³-hybridized carbons (Fsp3) is 0.381. The Bertz CT molecular complexity index is 1180. The highest BCUT2D eigenvalue weighted by Gasteiger charge is 2.34. The van der Waals surface area contributed by atoms with Crippen molar-refractivity contribution in [1.29, 1.82) is 0 Å². The fourth-order valence-electron chi connectivity index (χ4n) is 4.32. The standard InChI is InChI=1S/C21H23N9/c1-13-10-30-19(5-4-15(20(30)26-13)16-8-22-12-25-16)17-9-24-21(28-27-17)29-7-6-23-18(11-29)14-2-3-14/h4-5,8-10,12,14,18,23H,2-3,6-7,11H2,1H3,(H,22,25)/t18-/m1/s1. The average molecular weight is 401 g/mol. The summed E-state index contributed by atoms with van der Waals surface area (Å²) in [6, 6.07) is 4.62. The van der Waals surface area contributed by atoms with Crippen LogP contribution in [-0.4, -0.2) is 60.2 Å². The zero-order valence-corrected chi connectivity index (χ0v) is 16.8. The van der Waals surface area contributed by atoms with Gasteiger partial charge in [0.2, 0.25) is 5.95 Å². The largest absolute Gasteiger partial charge is 0.345 e. The van der Waals surface area contributed by atoms with Crippen molar-refractivity contribution in [3.8, 4) is 22.6 Å². The number of hydrogen-bond donors (Lipinski definition) is 2. The van der Waals surface area contributed by atoms with Crippen LogP contribution in [0.2, 0.25) is 0 Å². The summed E-state index contributed by atoms with van der Waals surface area (Å²) in [7, 11) is 0. The molecule has 0 spiro atoms. The highest BCUT2D eigenvalue weighted by Crippen LogP contribution is 2.34. The summed E-state index contributed by atoms with van der Waals surface area (Å²) < 4.78 is 2.05. The molecule has 4 aromatic rings. The summed E-state index contributed by atoms with van der Waals surface area (Å²) >= 11 is 0. The second-order valence-corrected chi connectivity index (χ2v) is 8.16. The van der Waals surface area contributed by atoms with Crippen LogP contribution in [0, 0.1) is 12.8 Å². The Hall–Kier alpha value is -3.33. The van der Waals surface area contributed by atoms with Crippen LogP contribution in [0.1, 0.15) is 18.5 Å². The molecular weight excluding hydrogens is 378 g/mol. The SMILES string of the molecule is Cc1cn2c(-c3cnc(N4CCN[C@@H](C5CC5)C4)nn3)ccc(-c3cnc[nH]3)c2n1. The van der Waals surface area contributed by atoms with Crippen molar-refractivity contribution in [2.75, 3.05) is 24.5 Å². The van der Waals surface area contributed by atoms with Crippen LogP contribution in [0.4, 0.5) is 5.95 Å². The lowest BCUT2D eigenvalue weighted by Gasteiger charge is -2.33. The summed E-state index contributed by atoms with van der Waals surface area (Å²) in [5.41, 5.74) is 5.36. The number of nitrogens with one attached hydrogen (secondary N) is 2. The van der Waals surface area contributed by atoms with Crippen LogP contribution in [0.5, 0.6) is 0 Å². The monoisotopic (exact) mass is 401 g/mol. The molecule has 1 aliphatic heterocycles. The number of fused-ring (bicyclic) bond motifs is 1. The number of H-pyrrole nitrogens is 1. The molecule has 0 aromatic carbocycles. The summed E-state index contributed by atoms with van der Waals surface area (Å²) in [4.78, 5) is 18.9. The van der Waals surface area contributed by atoms with Crippen LogP contribution in [0.25, 0.3) is 28.3 Å². The predicted molar refractivity (Wildman–Crippen MR) is 113 cm³/mol. The fourth-order valence-corrected chi connectivity index (χ4v) is 4.32. The van der Waals surface area contributed by atoms with Gasteiger partial charge in [0.25, 0.3) is 0 Å². The molecule has 0 unspecified atom stereocenters. The molecule has 2 fully saturated rings. The van der Waals surface area contributed by atoms with E-state index < -0.39 is 0 Å². The van der Waals surface area contributed by atoms with Crippen molar-refractivity contribution in [2.45, 2.75) is 25.8 Å². The van der Waals surface area contributed by atoms with Gasteiger partial charge in [-0.05, 0) is 37.8 Å². The molecule has 2 aliphatic rings. The van der Waals surface area contributed by atoms with Gasteiger partial charge in [0.1, 0.15) is 11.3 Å². The Kier molecular flexibility index (Phi) is 4.02. The normalized spacial score (nSPS) is 19.5. The number of piperazine rings is 1. The quantitative estimate of drug-likeness (QED) is 0.540. The summed E-state index contributed by atoms with van der Waals surface area (Å²) in [6.45, 7) is 4.82. The van der Waals surface area contributed by atoms with Crippen LogP contribution in [-0.2, 0) is 0 Å². The minimum atomic E-state index is 0.547. The molecule has 4 aromatic heterocycles. The zero-order chi connectivity index (χ0) is 20.1. The minimum Gasteiger partial charge on any atom is -0.345 e. The third-order valence-electron chi connectivity index (χ3n) is 6.01. The highest BCUT2D eigenvalue weighted by molar-refractivity contribution is 5.78. The molecule has 0 radical (unpaired) electrons. The van der Waals surface area contributed by atoms with Crippen molar-refractivity contribution in [3.05, 3.63) is 42.7 Å². The van der Waals surface area contributed by atoms with E-state index in [0.717, 1.165) is 59.5 Å². The van der Waals surface area contributed by atoms with Gasteiger partial charge in [-0.3, -0.25) is 4.40 Å². The number of aromatic amines is 1. The van der Waals surface area contributed by atoms with Crippen molar-refractivity contribution in [2.24, 2.45) is 5.92 Å². The first kappa shape index (κ1) is 17.5. The van der Waals surface area contributed by atoms with Gasteiger partial charge >= 0.3 is 0 Å². The van der Waals surface area contributed by atoms with Crippen LogP contribution < -0.4 is 10.2 Å². The average Bonchev–Trinajstić information content (AvgIpc) is 3.34. The maximum atomic E-state index is 4.71. The molecule has 1 saturated heterocycles. The van der Waals surface area contributed by atoms with E-state index in [9.17, 15) is 0 Å². The van der Waals surface area contributed by atoms with E-state index >= 15 is 0 Å². The highest BCUT2D eigenvalue weighted by atomic mass is 15.3. The number of pyridine rings is 1. The lowest BCUT2D eigenvalue weighted by molar-refractivity contribution is 0.414. The van der Waals surface area contributed by atoms with Crippen LogP contribution in [0.3, 0.4) is 0 Å². The third kappa shape index (κ3) is 3.02. The van der Waals surface area contributed by atoms with Gasteiger partial charge in [0, 0.05) is 37.4 Å². The molecule has 1 aliphatic carbocycles. The van der Waals surface area contributed by atoms with Crippen molar-refractivity contribution < 1.29 is 0 Å². The zero-order valence-electron chi connectivity index (χ0n) is 16.8. The van der Waals surface area contributed by atoms with Gasteiger partial charge in [0.05, 0.1) is 35.8 Å². The predicted octanol–water partition coefficient (Wildman–Crippen LogP) is 2.07. The first-order valence-corrected chi connectivity index (χ1v) is 10.4. The Balaban J connectivity index is 1.33. The molecule has 0 amide bonds. The van der Waals surface area contributed by atoms with Gasteiger partial charge in [0.15, 0.2) is 0 Å². The topological polar surface area (TPSA) is 99.9 Å². The second-order valence-electron chi connectivity index (χ2n) is 8.16. The molecule has 152 valence electrons. The van der Waals surface area contributed by atoms with Crippen molar-refractivity contribution >= 4 is 11.6 Å². The third-order valence-corrected chi connectivity index (χ3v) is 6.01. The number of rotatable bonds is 4. The second kappa shape index (κ2) is 6.88. The van der Waals surface area contributed by atoms with E-state index in [0.29, 0.717) is 12.0 Å². The maximum Gasteiger partial charge on any atom is 0.245 e. The molecule has 6 rings (SSSR count). The Morgan fingerprint density at radius 2 is 2.07 bits per heavy atom. The van der Waals surface area contributed by atoms with E-state index in [2.05, 4.69) is 35.4 Å². The molecule has 9 heteroatoms. The minimum absolute atomic E-state index is 0.547. The number of anilines is 1. The molecule has 9 nitrogen and oxygen atoms in total. The van der Waals surface area contributed by atoms with Crippen molar-refractivity contribution in [3.63, 3.8) is 0 Å². The first-order valence-electron chi connectivity index (χ1n) is 10.4. The number of aromatic nitrogens is 7. The summed E-state index contributed by atoms with van der Waals surface area (Å²) in [5.74, 6) is 1.52. The molecule has 1 atom stereocenters. The van der Waals surface area contributed by atoms with Gasteiger partial charge in [-0.1, -0.05) is 0 Å². The van der Waals surface area contributed by atoms with Gasteiger partial charge < -0.3 is 15.2 Å². The Labute approximate surface area is 173 Å². The van der Waals surface area contributed by atoms with E-state index in [1.54, 1.807) is 12.5 Å². The number of hydrogen-bond acceptors (Lipinski definition) is 7. The molecule has 2 N–H and O–H groups in total. The molecule has 30 heavy (non-hydrogen) atoms. The van der Waals surface area contributed by atoms with Crippen LogP contribution >= 0.6 is 0 Å². The number of nitrogens with zero attached hydrogens (tertiary/aromatic N) is 7. The van der Waals surface area contributed by atoms with Crippen molar-refractivity contribution in [1.82, 2.24) is 39.9 Å². The summed E-state index contributed by atoms with van der Waals surface area (Å²) in [5, 5.41) is 12.6. The number of aryl methyl sites for hydroxylation is 1. The maximum absolute atomic E-state index is 4.71. The van der Waals surface area contributed by atoms with E-state index in [4.69, 9.17) is 4.98 Å². The molecule has 5 heterocycles. The Morgan fingerprint density at radius 3 is 2.83 bits per heavy atom. The summed E-state index contributed by atoms with van der Waals surface area (Å²) in [6.07, 6.45) is 9.97.